The number of amides is 2. The van der Waals surface area contributed by atoms with Gasteiger partial charge in [-0.2, -0.15) is 5.26 Å². The Kier molecular flexibility index (Phi) is 7.57. The van der Waals surface area contributed by atoms with Crippen molar-refractivity contribution in [2.24, 2.45) is 0 Å². The number of anilines is 2. The highest BCUT2D eigenvalue weighted by Crippen LogP contribution is 2.43. The molecule has 0 spiro atoms. The third kappa shape index (κ3) is 4.92. The van der Waals surface area contributed by atoms with Gasteiger partial charge in [-0.25, -0.2) is 9.18 Å². The SMILES string of the molecule is COc1ccc(CN2C(=O)N(CC#N)Cc3cc(N)c(C(=O)c4ccc(F)cc4Cl)c(Br)c32)c(OC)c1. The summed E-state index contributed by atoms with van der Waals surface area (Å²) in [5.74, 6) is -0.0463. The van der Waals surface area contributed by atoms with Crippen LogP contribution >= 0.6 is 27.5 Å². The van der Waals surface area contributed by atoms with Gasteiger partial charge >= 0.3 is 6.03 Å². The molecule has 2 N–H and O–H groups in total. The van der Waals surface area contributed by atoms with Crippen LogP contribution in [0.2, 0.25) is 5.02 Å². The number of fused-ring (bicyclic) bond motifs is 1. The second-order valence-corrected chi connectivity index (χ2v) is 9.38. The summed E-state index contributed by atoms with van der Waals surface area (Å²) in [5, 5.41) is 9.22. The van der Waals surface area contributed by atoms with Crippen LogP contribution in [0.4, 0.5) is 20.6 Å². The number of nitrogens with zero attached hydrogens (tertiary/aromatic N) is 3. The molecule has 0 atom stereocenters. The molecule has 190 valence electrons. The van der Waals surface area contributed by atoms with Crippen LogP contribution in [0.3, 0.4) is 0 Å². The van der Waals surface area contributed by atoms with Crippen LogP contribution in [0.15, 0.2) is 46.9 Å². The van der Waals surface area contributed by atoms with Gasteiger partial charge < -0.3 is 20.1 Å². The summed E-state index contributed by atoms with van der Waals surface area (Å²) in [7, 11) is 3.04. The van der Waals surface area contributed by atoms with Crippen LogP contribution < -0.4 is 20.1 Å². The Labute approximate surface area is 226 Å². The van der Waals surface area contributed by atoms with E-state index in [2.05, 4.69) is 15.9 Å². The zero-order valence-corrected chi connectivity index (χ0v) is 22.2. The number of ether oxygens (including phenoxy) is 2. The van der Waals surface area contributed by atoms with Crippen molar-refractivity contribution in [1.29, 1.82) is 5.26 Å². The van der Waals surface area contributed by atoms with E-state index in [1.807, 2.05) is 6.07 Å². The Morgan fingerprint density at radius 3 is 2.62 bits per heavy atom. The molecule has 3 aromatic carbocycles. The van der Waals surface area contributed by atoms with Crippen molar-refractivity contribution in [2.75, 3.05) is 31.4 Å². The minimum absolute atomic E-state index is 0.0621. The Balaban J connectivity index is 1.87. The van der Waals surface area contributed by atoms with Gasteiger partial charge in [0.25, 0.3) is 0 Å². The van der Waals surface area contributed by atoms with Gasteiger partial charge in [-0.05, 0) is 57.9 Å². The molecule has 0 saturated carbocycles. The second-order valence-electron chi connectivity index (χ2n) is 8.18. The number of rotatable bonds is 7. The molecule has 1 aliphatic heterocycles. The van der Waals surface area contributed by atoms with Crippen molar-refractivity contribution in [2.45, 2.75) is 13.1 Å². The number of nitrogens with two attached hydrogens (primary N) is 1. The summed E-state index contributed by atoms with van der Waals surface area (Å²) >= 11 is 9.66. The van der Waals surface area contributed by atoms with Gasteiger partial charge in [0.15, 0.2) is 5.78 Å². The number of nitrogen functional groups attached to an aromatic ring is 1. The highest BCUT2D eigenvalue weighted by molar-refractivity contribution is 9.10. The molecule has 4 rings (SSSR count). The number of methoxy groups -OCH3 is 2. The fourth-order valence-corrected chi connectivity index (χ4v) is 5.34. The largest absolute Gasteiger partial charge is 0.497 e. The zero-order chi connectivity index (χ0) is 26.9. The van der Waals surface area contributed by atoms with E-state index in [0.29, 0.717) is 28.3 Å². The van der Waals surface area contributed by atoms with Crippen LogP contribution in [0.25, 0.3) is 0 Å². The number of carbonyl (C=O) groups is 2. The van der Waals surface area contributed by atoms with E-state index in [4.69, 9.17) is 26.8 Å². The molecule has 1 aliphatic rings. The number of ketones is 1. The molecule has 1 heterocycles. The van der Waals surface area contributed by atoms with Crippen LogP contribution in [-0.4, -0.2) is 37.5 Å². The lowest BCUT2D eigenvalue weighted by Gasteiger charge is -2.37. The number of urea groups is 1. The molecular formula is C26H21BrClFN4O4. The first-order chi connectivity index (χ1) is 17.7. The van der Waals surface area contributed by atoms with E-state index in [0.717, 1.165) is 12.1 Å². The van der Waals surface area contributed by atoms with E-state index in [-0.39, 0.29) is 45.9 Å². The highest BCUT2D eigenvalue weighted by atomic mass is 79.9. The van der Waals surface area contributed by atoms with Gasteiger partial charge in [0.2, 0.25) is 0 Å². The molecule has 0 fully saturated rings. The average molecular weight is 588 g/mol. The fourth-order valence-electron chi connectivity index (χ4n) is 4.21. The quantitative estimate of drug-likeness (QED) is 0.221. The van der Waals surface area contributed by atoms with Gasteiger partial charge in [0, 0.05) is 22.9 Å². The maximum Gasteiger partial charge on any atom is 0.326 e. The summed E-state index contributed by atoms with van der Waals surface area (Å²) in [6, 6.07) is 11.8. The standard InChI is InChI=1S/C26H21BrClFN4O4/c1-36-17-5-3-14(21(11-17)37-2)13-33-24-15(12-32(8-7-30)26(33)35)9-20(31)22(23(24)27)25(34)18-6-4-16(29)10-19(18)28/h3-6,9-11H,8,12-13,31H2,1-2H3. The summed E-state index contributed by atoms with van der Waals surface area (Å²) in [4.78, 5) is 29.8. The first kappa shape index (κ1) is 26.3. The third-order valence-corrected chi connectivity index (χ3v) is 7.05. The van der Waals surface area contributed by atoms with Crippen molar-refractivity contribution >= 4 is 50.7 Å². The molecule has 8 nitrogen and oxygen atoms in total. The Hall–Kier alpha value is -3.81. The van der Waals surface area contributed by atoms with E-state index < -0.39 is 17.6 Å². The fraction of sp³-hybridized carbons (Fsp3) is 0.192. The van der Waals surface area contributed by atoms with Gasteiger partial charge in [-0.3, -0.25) is 9.69 Å². The molecule has 11 heteroatoms. The lowest BCUT2D eigenvalue weighted by atomic mass is 9.96. The zero-order valence-electron chi connectivity index (χ0n) is 19.8. The number of hydrogen-bond acceptors (Lipinski definition) is 6. The van der Waals surface area contributed by atoms with Gasteiger partial charge in [-0.15, -0.1) is 0 Å². The molecule has 0 saturated heterocycles. The van der Waals surface area contributed by atoms with Gasteiger partial charge in [0.05, 0.1) is 54.1 Å². The van der Waals surface area contributed by atoms with Crippen molar-refractivity contribution in [1.82, 2.24) is 4.90 Å². The molecule has 3 aromatic rings. The van der Waals surface area contributed by atoms with Crippen LogP contribution in [0.5, 0.6) is 11.5 Å². The summed E-state index contributed by atoms with van der Waals surface area (Å²) in [5.41, 5.74) is 8.32. The molecule has 0 aromatic heterocycles. The Morgan fingerprint density at radius 2 is 1.97 bits per heavy atom. The predicted molar refractivity (Wildman–Crippen MR) is 141 cm³/mol. The normalized spacial score (nSPS) is 12.7. The smallest absolute Gasteiger partial charge is 0.326 e. The topological polar surface area (TPSA) is 109 Å². The van der Waals surface area contributed by atoms with Gasteiger partial charge in [0.1, 0.15) is 23.9 Å². The number of nitriles is 1. The van der Waals surface area contributed by atoms with E-state index in [1.165, 1.54) is 30.1 Å². The number of benzene rings is 3. The van der Waals surface area contributed by atoms with Crippen molar-refractivity contribution < 1.29 is 23.5 Å². The molecule has 0 radical (unpaired) electrons. The van der Waals surface area contributed by atoms with Crippen molar-refractivity contribution in [3.63, 3.8) is 0 Å². The average Bonchev–Trinajstić information content (AvgIpc) is 2.86. The monoisotopic (exact) mass is 586 g/mol. The molecule has 0 unspecified atom stereocenters. The Bertz CT molecular complexity index is 1460. The van der Waals surface area contributed by atoms with E-state index in [1.54, 1.807) is 24.3 Å². The molecular weight excluding hydrogens is 567 g/mol. The first-order valence-electron chi connectivity index (χ1n) is 10.9. The second kappa shape index (κ2) is 10.7. The summed E-state index contributed by atoms with van der Waals surface area (Å²) in [6.07, 6.45) is 0. The number of halogens is 3. The van der Waals surface area contributed by atoms with Crippen molar-refractivity contribution in [3.8, 4) is 17.6 Å². The maximum absolute atomic E-state index is 13.6. The van der Waals surface area contributed by atoms with Crippen LogP contribution in [-0.2, 0) is 13.1 Å². The summed E-state index contributed by atoms with van der Waals surface area (Å²) < 4.78 is 24.6. The molecule has 0 bridgehead atoms. The Morgan fingerprint density at radius 1 is 1.22 bits per heavy atom. The maximum atomic E-state index is 13.6. The van der Waals surface area contributed by atoms with E-state index in [9.17, 15) is 19.2 Å². The molecule has 2 amide bonds. The van der Waals surface area contributed by atoms with Crippen molar-refractivity contribution in [3.05, 3.63) is 80.0 Å². The van der Waals surface area contributed by atoms with Crippen LogP contribution in [0, 0.1) is 17.1 Å². The first-order valence-corrected chi connectivity index (χ1v) is 12.1. The predicted octanol–water partition coefficient (Wildman–Crippen LogP) is 5.54. The molecule has 0 aliphatic carbocycles. The minimum Gasteiger partial charge on any atom is -0.497 e. The molecule has 37 heavy (non-hydrogen) atoms. The van der Waals surface area contributed by atoms with E-state index >= 15 is 0 Å². The lowest BCUT2D eigenvalue weighted by molar-refractivity contribution is 0.103. The van der Waals surface area contributed by atoms with Gasteiger partial charge in [-0.1, -0.05) is 11.6 Å². The third-order valence-electron chi connectivity index (χ3n) is 5.97. The summed E-state index contributed by atoms with van der Waals surface area (Å²) in [6.45, 7) is 0.0405. The lowest BCUT2D eigenvalue weighted by Crippen LogP contribution is -2.47. The number of carbonyl (C=O) groups excluding carboxylic acids is 2. The number of hydrogen-bond donors (Lipinski definition) is 1. The highest BCUT2D eigenvalue weighted by Gasteiger charge is 2.35. The van der Waals surface area contributed by atoms with Crippen LogP contribution in [0.1, 0.15) is 27.0 Å². The minimum atomic E-state index is -0.582.